The van der Waals surface area contributed by atoms with Crippen molar-refractivity contribution in [2.75, 3.05) is 39.4 Å². The topological polar surface area (TPSA) is 134 Å². The minimum atomic E-state index is -1.31. The lowest BCUT2D eigenvalue weighted by atomic mass is 10.2. The molecular formula is C11H20N4O5. The summed E-state index contributed by atoms with van der Waals surface area (Å²) in [4.78, 5) is 35.1. The Bertz CT molecular complexity index is 357. The third-order valence-electron chi connectivity index (χ3n) is 2.83. The molecule has 1 aliphatic heterocycles. The van der Waals surface area contributed by atoms with Gasteiger partial charge in [-0.15, -0.1) is 0 Å². The number of nitrogens with one attached hydrogen (secondary N) is 2. The van der Waals surface area contributed by atoms with Gasteiger partial charge >= 0.3 is 12.0 Å². The van der Waals surface area contributed by atoms with Gasteiger partial charge in [-0.3, -0.25) is 9.69 Å². The molecule has 0 aromatic carbocycles. The van der Waals surface area contributed by atoms with E-state index in [9.17, 15) is 14.4 Å². The van der Waals surface area contributed by atoms with E-state index in [4.69, 9.17) is 15.6 Å². The Morgan fingerprint density at radius 3 is 2.50 bits per heavy atom. The Kier molecular flexibility index (Phi) is 6.74. The van der Waals surface area contributed by atoms with Crippen LogP contribution in [0.15, 0.2) is 0 Å². The lowest BCUT2D eigenvalue weighted by Gasteiger charge is -2.26. The molecular weight excluding hydrogens is 268 g/mol. The molecule has 0 saturated carbocycles. The number of amides is 3. The second-order valence-electron chi connectivity index (χ2n) is 4.42. The summed E-state index contributed by atoms with van der Waals surface area (Å²) in [6.45, 7) is 4.00. The molecule has 5 N–H and O–H groups in total. The molecule has 1 aliphatic rings. The van der Waals surface area contributed by atoms with Gasteiger partial charge in [-0.1, -0.05) is 0 Å². The molecule has 1 heterocycles. The summed E-state index contributed by atoms with van der Waals surface area (Å²) in [6.07, 6.45) is -0.438. The van der Waals surface area contributed by atoms with Crippen LogP contribution in [0.2, 0.25) is 0 Å². The lowest BCUT2D eigenvalue weighted by Crippen LogP contribution is -2.49. The van der Waals surface area contributed by atoms with Gasteiger partial charge in [-0.25, -0.2) is 9.59 Å². The molecule has 1 fully saturated rings. The van der Waals surface area contributed by atoms with E-state index in [2.05, 4.69) is 15.5 Å². The van der Waals surface area contributed by atoms with E-state index < -0.39 is 30.4 Å². The number of ether oxygens (including phenoxy) is 1. The number of nitrogens with zero attached hydrogens (tertiary/aromatic N) is 1. The fourth-order valence-corrected chi connectivity index (χ4v) is 1.76. The summed E-state index contributed by atoms with van der Waals surface area (Å²) in [6, 6.07) is -1.94. The second kappa shape index (κ2) is 8.33. The molecule has 1 atom stereocenters. The number of carboxylic acid groups (broad SMARTS) is 1. The average molecular weight is 288 g/mol. The predicted molar refractivity (Wildman–Crippen MR) is 69.0 cm³/mol. The maximum atomic E-state index is 11.5. The van der Waals surface area contributed by atoms with Crippen molar-refractivity contribution in [1.29, 1.82) is 0 Å². The quantitative estimate of drug-likeness (QED) is 0.426. The highest BCUT2D eigenvalue weighted by atomic mass is 16.5. The molecule has 114 valence electrons. The predicted octanol–water partition coefficient (Wildman–Crippen LogP) is -2.05. The van der Waals surface area contributed by atoms with Crippen molar-refractivity contribution in [2.45, 2.75) is 12.5 Å². The summed E-state index contributed by atoms with van der Waals surface area (Å²) in [5, 5.41) is 13.6. The maximum Gasteiger partial charge on any atom is 0.326 e. The summed E-state index contributed by atoms with van der Waals surface area (Å²) in [7, 11) is 0. The Hall–Kier alpha value is -1.87. The first kappa shape index (κ1) is 16.2. The van der Waals surface area contributed by atoms with Crippen molar-refractivity contribution in [1.82, 2.24) is 15.5 Å². The number of primary amides is 1. The molecule has 20 heavy (non-hydrogen) atoms. The molecule has 3 amide bonds. The Labute approximate surface area is 116 Å². The molecule has 1 unspecified atom stereocenters. The number of urea groups is 1. The second-order valence-corrected chi connectivity index (χ2v) is 4.42. The number of hydrogen-bond donors (Lipinski definition) is 4. The van der Waals surface area contributed by atoms with Crippen LogP contribution in [-0.2, 0) is 14.3 Å². The summed E-state index contributed by atoms with van der Waals surface area (Å²) >= 11 is 0. The fourth-order valence-electron chi connectivity index (χ4n) is 1.76. The van der Waals surface area contributed by atoms with E-state index in [0.29, 0.717) is 26.3 Å². The Morgan fingerprint density at radius 2 is 1.95 bits per heavy atom. The fraction of sp³-hybridized carbons (Fsp3) is 0.727. The Morgan fingerprint density at radius 1 is 1.30 bits per heavy atom. The van der Waals surface area contributed by atoms with Crippen molar-refractivity contribution in [2.24, 2.45) is 5.73 Å². The van der Waals surface area contributed by atoms with Crippen molar-refractivity contribution in [3.05, 3.63) is 0 Å². The SMILES string of the molecule is NC(=O)CC(NC(=O)NCCN1CCOCC1)C(=O)O. The summed E-state index contributed by atoms with van der Waals surface area (Å²) < 4.78 is 5.19. The number of morpholine rings is 1. The molecule has 0 spiro atoms. The monoisotopic (exact) mass is 288 g/mol. The van der Waals surface area contributed by atoms with Crippen LogP contribution in [0, 0.1) is 0 Å². The molecule has 0 aromatic rings. The number of carboxylic acids is 1. The summed E-state index contributed by atoms with van der Waals surface area (Å²) in [5.41, 5.74) is 4.91. The lowest BCUT2D eigenvalue weighted by molar-refractivity contribution is -0.140. The first-order chi connectivity index (χ1) is 9.49. The third kappa shape index (κ3) is 6.34. The molecule has 1 rings (SSSR count). The van der Waals surface area contributed by atoms with Crippen LogP contribution >= 0.6 is 0 Å². The van der Waals surface area contributed by atoms with Gasteiger partial charge in [0, 0.05) is 26.2 Å². The van der Waals surface area contributed by atoms with E-state index in [1.165, 1.54) is 0 Å². The van der Waals surface area contributed by atoms with E-state index in [0.717, 1.165) is 13.1 Å². The molecule has 0 aromatic heterocycles. The highest BCUT2D eigenvalue weighted by Crippen LogP contribution is 1.95. The van der Waals surface area contributed by atoms with Crippen LogP contribution in [0.4, 0.5) is 4.79 Å². The minimum Gasteiger partial charge on any atom is -0.480 e. The highest BCUT2D eigenvalue weighted by Gasteiger charge is 2.22. The number of carbonyl (C=O) groups excluding carboxylic acids is 2. The molecule has 9 heteroatoms. The molecule has 9 nitrogen and oxygen atoms in total. The average Bonchev–Trinajstić information content (AvgIpc) is 2.38. The van der Waals surface area contributed by atoms with Gasteiger partial charge in [0.25, 0.3) is 0 Å². The largest absolute Gasteiger partial charge is 0.480 e. The number of nitrogens with two attached hydrogens (primary N) is 1. The number of rotatable bonds is 7. The zero-order valence-electron chi connectivity index (χ0n) is 11.1. The third-order valence-corrected chi connectivity index (χ3v) is 2.83. The van der Waals surface area contributed by atoms with Crippen LogP contribution in [0.25, 0.3) is 0 Å². The van der Waals surface area contributed by atoms with Crippen molar-refractivity contribution >= 4 is 17.9 Å². The Balaban J connectivity index is 2.23. The van der Waals surface area contributed by atoms with Gasteiger partial charge in [0.15, 0.2) is 0 Å². The van der Waals surface area contributed by atoms with Crippen LogP contribution in [0.5, 0.6) is 0 Å². The molecule has 0 radical (unpaired) electrons. The van der Waals surface area contributed by atoms with Crippen LogP contribution in [-0.4, -0.2) is 73.3 Å². The van der Waals surface area contributed by atoms with Gasteiger partial charge in [-0.2, -0.15) is 0 Å². The minimum absolute atomic E-state index is 0.384. The highest BCUT2D eigenvalue weighted by molar-refractivity contribution is 5.87. The van der Waals surface area contributed by atoms with Gasteiger partial charge < -0.3 is 26.2 Å². The van der Waals surface area contributed by atoms with E-state index in [-0.39, 0.29) is 0 Å². The maximum absolute atomic E-state index is 11.5. The van der Waals surface area contributed by atoms with Gasteiger partial charge in [-0.05, 0) is 0 Å². The summed E-state index contributed by atoms with van der Waals surface area (Å²) in [5.74, 6) is -2.09. The van der Waals surface area contributed by atoms with Crippen LogP contribution in [0.1, 0.15) is 6.42 Å². The number of hydrogen-bond acceptors (Lipinski definition) is 5. The number of aliphatic carboxylic acids is 1. The smallest absolute Gasteiger partial charge is 0.326 e. The van der Waals surface area contributed by atoms with Crippen LogP contribution < -0.4 is 16.4 Å². The van der Waals surface area contributed by atoms with Crippen LogP contribution in [0.3, 0.4) is 0 Å². The standard InChI is InChI=1S/C11H20N4O5/c12-9(16)7-8(10(17)18)14-11(19)13-1-2-15-3-5-20-6-4-15/h8H,1-7H2,(H2,12,16)(H,17,18)(H2,13,14,19). The zero-order chi connectivity index (χ0) is 15.0. The van der Waals surface area contributed by atoms with E-state index in [1.54, 1.807) is 0 Å². The first-order valence-electron chi connectivity index (χ1n) is 6.34. The van der Waals surface area contributed by atoms with Gasteiger partial charge in [0.05, 0.1) is 19.6 Å². The number of carbonyl (C=O) groups is 3. The molecule has 0 aliphatic carbocycles. The van der Waals surface area contributed by atoms with Crippen molar-refractivity contribution in [3.8, 4) is 0 Å². The first-order valence-corrected chi connectivity index (χ1v) is 6.34. The van der Waals surface area contributed by atoms with E-state index in [1.807, 2.05) is 0 Å². The molecule has 0 bridgehead atoms. The normalized spacial score (nSPS) is 17.2. The van der Waals surface area contributed by atoms with Gasteiger partial charge in [0.2, 0.25) is 5.91 Å². The van der Waals surface area contributed by atoms with E-state index >= 15 is 0 Å². The molecule has 1 saturated heterocycles. The zero-order valence-corrected chi connectivity index (χ0v) is 11.1. The van der Waals surface area contributed by atoms with Gasteiger partial charge in [0.1, 0.15) is 6.04 Å². The van der Waals surface area contributed by atoms with Crippen molar-refractivity contribution in [3.63, 3.8) is 0 Å². The van der Waals surface area contributed by atoms with Crippen molar-refractivity contribution < 1.29 is 24.2 Å².